The fourth-order valence-corrected chi connectivity index (χ4v) is 9.34. The molecule has 582 valence electrons. The van der Waals surface area contributed by atoms with E-state index in [1.807, 2.05) is 83.1 Å². The smallest absolute Gasteiger partial charge is 0.350 e. The quantitative estimate of drug-likeness (QED) is 0.0635. The van der Waals surface area contributed by atoms with Crippen LogP contribution < -0.4 is 0 Å². The van der Waals surface area contributed by atoms with Crippen molar-refractivity contribution in [2.24, 2.45) is 39.9 Å². The van der Waals surface area contributed by atoms with E-state index >= 15 is 0 Å². The molecule has 8 rings (SSSR count). The predicted molar refractivity (Wildman–Crippen MR) is 360 cm³/mol. The molecule has 1 aliphatic carbocycles. The minimum atomic E-state index is -1.16. The van der Waals surface area contributed by atoms with Crippen LogP contribution in [0.3, 0.4) is 0 Å². The first-order chi connectivity index (χ1) is 47.4. The maximum atomic E-state index is 12.1. The summed E-state index contributed by atoms with van der Waals surface area (Å²) in [4.78, 5) is 158. The lowest BCUT2D eigenvalue weighted by Crippen LogP contribution is -2.42. The van der Waals surface area contributed by atoms with E-state index in [1.54, 1.807) is 48.5 Å². The minimum Gasteiger partial charge on any atom is -0.465 e. The maximum absolute atomic E-state index is 12.1. The number of esters is 14. The summed E-state index contributed by atoms with van der Waals surface area (Å²) >= 11 is 5.67. The molecule has 0 aromatic carbocycles. The Morgan fingerprint density at radius 3 is 1.49 bits per heavy atom. The number of ether oxygens (including phenoxy) is 14. The molecular weight excluding hydrogens is 1360 g/mol. The molecule has 7 saturated heterocycles. The van der Waals surface area contributed by atoms with E-state index < -0.39 is 86.9 Å². The highest BCUT2D eigenvalue weighted by molar-refractivity contribution is 6.31. The van der Waals surface area contributed by atoms with Gasteiger partial charge in [-0.05, 0) is 113 Å². The molecule has 1 N–H and O–H groups in total. The summed E-state index contributed by atoms with van der Waals surface area (Å²) < 4.78 is 69.8. The third kappa shape index (κ3) is 28.8. The molecule has 0 bridgehead atoms. The van der Waals surface area contributed by atoms with Gasteiger partial charge in [0.1, 0.15) is 43.7 Å². The molecule has 14 unspecified atom stereocenters. The Hall–Kier alpha value is -7.17. The molecule has 8 aliphatic rings. The zero-order chi connectivity index (χ0) is 77.9. The van der Waals surface area contributed by atoms with Gasteiger partial charge < -0.3 is 71.4 Å². The second-order valence-corrected chi connectivity index (χ2v) is 29.3. The molecule has 0 aromatic rings. The van der Waals surface area contributed by atoms with E-state index in [0.29, 0.717) is 58.2 Å². The summed E-state index contributed by atoms with van der Waals surface area (Å²) in [6.45, 7) is 35.6. The lowest BCUT2D eigenvalue weighted by molar-refractivity contribution is -0.215. The van der Waals surface area contributed by atoms with Gasteiger partial charge in [-0.3, -0.25) is 57.5 Å². The molecule has 7 aliphatic heterocycles. The van der Waals surface area contributed by atoms with Crippen LogP contribution in [0.5, 0.6) is 0 Å². The van der Waals surface area contributed by atoms with E-state index in [9.17, 15) is 72.2 Å². The SMILES string of the molecule is CCC(C)(C)C(=O)OC1(C)CCC(=O)O1.CCC(C)(C)C(=O)OC12CCCC1OC(=O)C2.CCC(C)(C)C(=O)OC1C(=O)OCC1O.CCC(C)C(=O)OC1(C)CCOC(=O)C1.CCC(C)C(=O)OC1CCOC1=O.CCC(C)C(=O)OC1COC(=O)C1.CCC(C)C(=O)OC1COC(=O)C1Cl. The first-order valence-corrected chi connectivity index (χ1v) is 35.9. The second-order valence-electron chi connectivity index (χ2n) is 28.8. The molecule has 0 radical (unpaired) electrons. The van der Waals surface area contributed by atoms with Gasteiger partial charge in [0.25, 0.3) is 5.79 Å². The van der Waals surface area contributed by atoms with Crippen LogP contribution in [0.2, 0.25) is 0 Å². The van der Waals surface area contributed by atoms with Crippen LogP contribution >= 0.6 is 11.6 Å². The van der Waals surface area contributed by atoms with Gasteiger partial charge in [0, 0.05) is 26.2 Å². The Balaban J connectivity index is 0.000000405. The van der Waals surface area contributed by atoms with E-state index in [4.69, 9.17) is 59.0 Å². The van der Waals surface area contributed by atoms with E-state index in [0.717, 1.165) is 44.9 Å². The Bertz CT molecular complexity index is 2890. The third-order valence-corrected chi connectivity index (χ3v) is 19.3. The Kier molecular flexibility index (Phi) is 36.9. The molecule has 7 heterocycles. The molecule has 0 spiro atoms. The fraction of sp³-hybridized carbons (Fsp3) is 0.806. The lowest BCUT2D eigenvalue weighted by Gasteiger charge is -2.32. The van der Waals surface area contributed by atoms with Crippen molar-refractivity contribution in [3.63, 3.8) is 0 Å². The van der Waals surface area contributed by atoms with Crippen molar-refractivity contribution < 1.29 is 139 Å². The highest BCUT2D eigenvalue weighted by Crippen LogP contribution is 2.45. The van der Waals surface area contributed by atoms with E-state index in [-0.39, 0.29) is 135 Å². The number of rotatable bonds is 21. The molecule has 0 amide bonds. The third-order valence-electron chi connectivity index (χ3n) is 18.9. The standard InChI is InChI=1S/C13H20O4.2C11H18O4.C10H16O5.C9H13ClO4.2C9H14O4/c1-4-12(2,3)11(15)17-13-7-5-6-9(13)16-10(14)8-13;1-5-10(2,3)9(13)15-11(4)7-6-8(12)14-11;1-4-8(2)10(13)15-11(3)5-6-14-9(12)7-11;1-4-10(2,3)9(13)15-7-6(11)5-14-8(7)12;1-3-5(2)8(11)14-6-4-13-9(12)7(6)10;1-3-6(2)9(11)13-7-4-8(10)12-5-7;1-3-6(2)8(10)13-7-4-5-12-9(7)11/h9H,4-8H2,1-3H3;5-7H2,1-4H3;8H,4-7H2,1-3H3;6-7,11H,4-5H2,1-3H3;5-7H,3-4H2,1-2H3;2*6-7H,3-5H2,1-2H3. The number of halogens is 1. The van der Waals surface area contributed by atoms with Crippen molar-refractivity contribution in [3.05, 3.63) is 0 Å². The Morgan fingerprint density at radius 2 is 1.04 bits per heavy atom. The fourth-order valence-electron chi connectivity index (χ4n) is 9.15. The highest BCUT2D eigenvalue weighted by Gasteiger charge is 2.56. The Labute approximate surface area is 604 Å². The summed E-state index contributed by atoms with van der Waals surface area (Å²) in [7, 11) is 0. The number of carbonyl (C=O) groups excluding carboxylic acids is 14. The molecular formula is C72H113ClO29. The summed E-state index contributed by atoms with van der Waals surface area (Å²) in [6, 6.07) is 0. The van der Waals surface area contributed by atoms with Gasteiger partial charge in [0.05, 0.1) is 78.8 Å². The number of hydrogen-bond donors (Lipinski definition) is 1. The van der Waals surface area contributed by atoms with Crippen molar-refractivity contribution in [3.8, 4) is 0 Å². The van der Waals surface area contributed by atoms with Crippen LogP contribution in [-0.2, 0) is 133 Å². The number of aliphatic hydroxyl groups excluding tert-OH is 1. The average molecular weight is 1480 g/mol. The van der Waals surface area contributed by atoms with Crippen LogP contribution in [-0.4, -0.2) is 181 Å². The molecule has 29 nitrogen and oxygen atoms in total. The molecule has 8 fully saturated rings. The van der Waals surface area contributed by atoms with Gasteiger partial charge in [-0.25, -0.2) is 9.59 Å². The number of fused-ring (bicyclic) bond motifs is 1. The number of aliphatic hydroxyl groups is 1. The van der Waals surface area contributed by atoms with Crippen molar-refractivity contribution >= 4 is 95.2 Å². The number of carbonyl (C=O) groups is 14. The van der Waals surface area contributed by atoms with Crippen molar-refractivity contribution in [1.29, 1.82) is 0 Å². The molecule has 30 heteroatoms. The van der Waals surface area contributed by atoms with Gasteiger partial charge in [-0.1, -0.05) is 76.2 Å². The van der Waals surface area contributed by atoms with Gasteiger partial charge >= 0.3 is 83.6 Å². The van der Waals surface area contributed by atoms with E-state index in [2.05, 4.69) is 18.9 Å². The van der Waals surface area contributed by atoms with E-state index in [1.165, 1.54) is 0 Å². The second kappa shape index (κ2) is 41.4. The number of alkyl halides is 1. The monoisotopic (exact) mass is 1480 g/mol. The summed E-state index contributed by atoms with van der Waals surface area (Å²) in [5.41, 5.74) is -3.01. The van der Waals surface area contributed by atoms with Crippen LogP contribution in [0.1, 0.15) is 241 Å². The van der Waals surface area contributed by atoms with Crippen molar-refractivity contribution in [2.45, 2.75) is 300 Å². The van der Waals surface area contributed by atoms with Crippen molar-refractivity contribution in [1.82, 2.24) is 0 Å². The predicted octanol–water partition coefficient (Wildman–Crippen LogP) is 9.04. The first kappa shape index (κ1) is 90.9. The van der Waals surface area contributed by atoms with Crippen LogP contribution in [0.25, 0.3) is 0 Å². The molecule has 102 heavy (non-hydrogen) atoms. The normalized spacial score (nSPS) is 27.2. The number of hydrogen-bond acceptors (Lipinski definition) is 29. The zero-order valence-corrected chi connectivity index (χ0v) is 63.9. The summed E-state index contributed by atoms with van der Waals surface area (Å²) in [5, 5.41) is 8.47. The van der Waals surface area contributed by atoms with Crippen LogP contribution in [0.4, 0.5) is 0 Å². The van der Waals surface area contributed by atoms with Gasteiger partial charge in [0.2, 0.25) is 12.2 Å². The molecule has 14 atom stereocenters. The number of cyclic esters (lactones) is 6. The average Bonchev–Trinajstić information content (AvgIpc) is 1.62. The summed E-state index contributed by atoms with van der Waals surface area (Å²) in [5.74, 6) is -6.47. The van der Waals surface area contributed by atoms with Gasteiger partial charge in [-0.15, -0.1) is 11.6 Å². The Morgan fingerprint density at radius 1 is 0.520 bits per heavy atom. The van der Waals surface area contributed by atoms with Gasteiger partial charge in [-0.2, -0.15) is 0 Å². The topological polar surface area (TPSA) is 388 Å². The zero-order valence-electron chi connectivity index (χ0n) is 63.2. The van der Waals surface area contributed by atoms with Crippen LogP contribution in [0.15, 0.2) is 0 Å². The maximum Gasteiger partial charge on any atom is 0.350 e. The first-order valence-electron chi connectivity index (χ1n) is 35.4. The molecule has 0 aromatic heterocycles. The minimum absolute atomic E-state index is 0.0647. The lowest BCUT2D eigenvalue weighted by atomic mass is 9.89. The largest absolute Gasteiger partial charge is 0.465 e. The highest BCUT2D eigenvalue weighted by atomic mass is 35.5. The summed E-state index contributed by atoms with van der Waals surface area (Å²) in [6.07, 6.45) is 5.77. The van der Waals surface area contributed by atoms with Crippen molar-refractivity contribution in [2.75, 3.05) is 33.0 Å². The van der Waals surface area contributed by atoms with Crippen LogP contribution in [0, 0.1) is 39.9 Å². The molecule has 1 saturated carbocycles. The van der Waals surface area contributed by atoms with Gasteiger partial charge in [0.15, 0.2) is 17.1 Å².